The van der Waals surface area contributed by atoms with Crippen LogP contribution in [0, 0.1) is 17.5 Å². The number of hydrogen-bond acceptors (Lipinski definition) is 1. The number of aliphatic imine (C=N–C) groups is 1. The van der Waals surface area contributed by atoms with E-state index in [0.717, 1.165) is 11.6 Å². The van der Waals surface area contributed by atoms with Gasteiger partial charge in [0.15, 0.2) is 5.96 Å². The second-order valence-corrected chi connectivity index (χ2v) is 5.01. The number of hydrogen-bond donors (Lipinski definition) is 2. The molecule has 0 aliphatic rings. The van der Waals surface area contributed by atoms with Crippen molar-refractivity contribution in [2.75, 3.05) is 13.6 Å². The van der Waals surface area contributed by atoms with Gasteiger partial charge < -0.3 is 10.6 Å². The molecule has 0 bridgehead atoms. The van der Waals surface area contributed by atoms with Gasteiger partial charge in [-0.15, -0.1) is 0 Å². The minimum atomic E-state index is -0.584. The molecule has 3 nitrogen and oxygen atoms in total. The molecule has 0 unspecified atom stereocenters. The van der Waals surface area contributed by atoms with Gasteiger partial charge in [-0.1, -0.05) is 12.1 Å². The Bertz CT molecular complexity index is 649. The van der Waals surface area contributed by atoms with Crippen molar-refractivity contribution in [2.24, 2.45) is 4.99 Å². The Hall–Kier alpha value is -2.50. The second kappa shape index (κ2) is 8.22. The lowest BCUT2D eigenvalue weighted by Crippen LogP contribution is -2.37. The normalized spacial score (nSPS) is 11.4. The Balaban J connectivity index is 1.79. The van der Waals surface area contributed by atoms with Crippen LogP contribution in [0.25, 0.3) is 0 Å². The van der Waals surface area contributed by atoms with Crippen molar-refractivity contribution < 1.29 is 13.2 Å². The molecule has 2 rings (SSSR count). The number of rotatable bonds is 5. The van der Waals surface area contributed by atoms with E-state index in [1.165, 1.54) is 24.3 Å². The molecule has 0 radical (unpaired) electrons. The van der Waals surface area contributed by atoms with Crippen molar-refractivity contribution >= 4 is 5.96 Å². The molecule has 2 N–H and O–H groups in total. The van der Waals surface area contributed by atoms with Crippen molar-refractivity contribution in [2.45, 2.75) is 13.0 Å². The third-order valence-corrected chi connectivity index (χ3v) is 3.23. The fraction of sp³-hybridized carbons (Fsp3) is 0.235. The summed E-state index contributed by atoms with van der Waals surface area (Å²) in [7, 11) is 1.63. The van der Waals surface area contributed by atoms with Crippen LogP contribution in [0.5, 0.6) is 0 Å². The molecular formula is C17H18F3N3. The quantitative estimate of drug-likeness (QED) is 0.656. The summed E-state index contributed by atoms with van der Waals surface area (Å²) < 4.78 is 39.0. The average molecular weight is 321 g/mol. The van der Waals surface area contributed by atoms with E-state index in [2.05, 4.69) is 15.6 Å². The molecule has 0 fully saturated rings. The van der Waals surface area contributed by atoms with E-state index in [1.807, 2.05) is 0 Å². The summed E-state index contributed by atoms with van der Waals surface area (Å²) in [5, 5.41) is 6.14. The number of benzene rings is 2. The van der Waals surface area contributed by atoms with E-state index < -0.39 is 11.6 Å². The highest BCUT2D eigenvalue weighted by atomic mass is 19.1. The van der Waals surface area contributed by atoms with E-state index >= 15 is 0 Å². The Morgan fingerprint density at radius 3 is 2.13 bits per heavy atom. The second-order valence-electron chi connectivity index (χ2n) is 5.01. The molecule has 2 aromatic rings. The Labute approximate surface area is 133 Å². The standard InChI is InChI=1S/C17H18F3N3/c1-21-17(23-11-12-2-4-14(18)5-3-12)22-7-6-13-8-15(19)10-16(20)9-13/h2-5,8-10H,6-7,11H2,1H3,(H2,21,22,23). The van der Waals surface area contributed by atoms with Gasteiger partial charge in [-0.3, -0.25) is 4.99 Å². The van der Waals surface area contributed by atoms with Crippen LogP contribution in [0.3, 0.4) is 0 Å². The van der Waals surface area contributed by atoms with Crippen LogP contribution in [-0.2, 0) is 13.0 Å². The smallest absolute Gasteiger partial charge is 0.191 e. The average Bonchev–Trinajstić information content (AvgIpc) is 2.51. The van der Waals surface area contributed by atoms with Gasteiger partial charge in [0.25, 0.3) is 0 Å². The Morgan fingerprint density at radius 1 is 0.870 bits per heavy atom. The number of nitrogens with one attached hydrogen (secondary N) is 2. The van der Waals surface area contributed by atoms with Gasteiger partial charge in [0, 0.05) is 26.2 Å². The van der Waals surface area contributed by atoms with Crippen molar-refractivity contribution in [1.82, 2.24) is 10.6 Å². The highest BCUT2D eigenvalue weighted by Crippen LogP contribution is 2.08. The van der Waals surface area contributed by atoms with Crippen LogP contribution >= 0.6 is 0 Å². The molecule has 0 spiro atoms. The molecule has 0 aliphatic heterocycles. The van der Waals surface area contributed by atoms with E-state index in [9.17, 15) is 13.2 Å². The fourth-order valence-electron chi connectivity index (χ4n) is 2.09. The molecular weight excluding hydrogens is 303 g/mol. The molecule has 0 amide bonds. The first-order chi connectivity index (χ1) is 11.1. The molecule has 23 heavy (non-hydrogen) atoms. The van der Waals surface area contributed by atoms with Crippen LogP contribution in [0.1, 0.15) is 11.1 Å². The minimum absolute atomic E-state index is 0.279. The molecule has 0 saturated heterocycles. The maximum absolute atomic E-state index is 13.1. The zero-order valence-electron chi connectivity index (χ0n) is 12.7. The fourth-order valence-corrected chi connectivity index (χ4v) is 2.09. The lowest BCUT2D eigenvalue weighted by atomic mass is 10.1. The summed E-state index contributed by atoms with van der Waals surface area (Å²) in [6.45, 7) is 0.973. The molecule has 6 heteroatoms. The first kappa shape index (κ1) is 16.9. The van der Waals surface area contributed by atoms with Gasteiger partial charge in [-0.2, -0.15) is 0 Å². The molecule has 0 aromatic heterocycles. The largest absolute Gasteiger partial charge is 0.356 e. The predicted molar refractivity (Wildman–Crippen MR) is 84.7 cm³/mol. The topological polar surface area (TPSA) is 36.4 Å². The third kappa shape index (κ3) is 5.65. The first-order valence-electron chi connectivity index (χ1n) is 7.21. The van der Waals surface area contributed by atoms with Crippen molar-refractivity contribution in [3.8, 4) is 0 Å². The molecule has 0 atom stereocenters. The zero-order valence-corrected chi connectivity index (χ0v) is 12.7. The maximum Gasteiger partial charge on any atom is 0.191 e. The summed E-state index contributed by atoms with van der Waals surface area (Å²) in [5.74, 6) is -0.887. The van der Waals surface area contributed by atoms with Crippen molar-refractivity contribution in [1.29, 1.82) is 0 Å². The van der Waals surface area contributed by atoms with Gasteiger partial charge in [-0.05, 0) is 41.8 Å². The lowest BCUT2D eigenvalue weighted by molar-refractivity contribution is 0.579. The zero-order chi connectivity index (χ0) is 16.7. The monoisotopic (exact) mass is 321 g/mol. The number of nitrogens with zero attached hydrogens (tertiary/aromatic N) is 1. The van der Waals surface area contributed by atoms with E-state index in [-0.39, 0.29) is 5.82 Å². The number of halogens is 3. The van der Waals surface area contributed by atoms with Gasteiger partial charge in [-0.25, -0.2) is 13.2 Å². The summed E-state index contributed by atoms with van der Waals surface area (Å²) in [6, 6.07) is 9.62. The summed E-state index contributed by atoms with van der Waals surface area (Å²) in [6.07, 6.45) is 0.464. The number of guanidine groups is 1. The van der Waals surface area contributed by atoms with Crippen molar-refractivity contribution in [3.63, 3.8) is 0 Å². The highest BCUT2D eigenvalue weighted by molar-refractivity contribution is 5.79. The van der Waals surface area contributed by atoms with Crippen LogP contribution in [0.15, 0.2) is 47.5 Å². The summed E-state index contributed by atoms with van der Waals surface area (Å²) in [4.78, 5) is 4.06. The molecule has 0 aliphatic carbocycles. The van der Waals surface area contributed by atoms with E-state index in [1.54, 1.807) is 19.2 Å². The highest BCUT2D eigenvalue weighted by Gasteiger charge is 2.02. The first-order valence-corrected chi connectivity index (χ1v) is 7.21. The van der Waals surface area contributed by atoms with Gasteiger partial charge in [0.1, 0.15) is 17.5 Å². The Kier molecular flexibility index (Phi) is 6.02. The van der Waals surface area contributed by atoms with Gasteiger partial charge >= 0.3 is 0 Å². The van der Waals surface area contributed by atoms with Crippen LogP contribution < -0.4 is 10.6 Å². The van der Waals surface area contributed by atoms with Gasteiger partial charge in [0.2, 0.25) is 0 Å². The SMILES string of the molecule is CN=C(NCCc1cc(F)cc(F)c1)NCc1ccc(F)cc1. The molecule has 0 saturated carbocycles. The van der Waals surface area contributed by atoms with Gasteiger partial charge in [0.05, 0.1) is 0 Å². The van der Waals surface area contributed by atoms with Crippen LogP contribution in [-0.4, -0.2) is 19.6 Å². The summed E-state index contributed by atoms with van der Waals surface area (Å²) in [5.41, 5.74) is 1.49. The van der Waals surface area contributed by atoms with E-state index in [0.29, 0.717) is 31.0 Å². The minimum Gasteiger partial charge on any atom is -0.356 e. The van der Waals surface area contributed by atoms with Crippen LogP contribution in [0.2, 0.25) is 0 Å². The van der Waals surface area contributed by atoms with Crippen molar-refractivity contribution in [3.05, 3.63) is 71.0 Å². The lowest BCUT2D eigenvalue weighted by Gasteiger charge is -2.12. The van der Waals surface area contributed by atoms with E-state index in [4.69, 9.17) is 0 Å². The third-order valence-electron chi connectivity index (χ3n) is 3.23. The maximum atomic E-state index is 13.1. The Morgan fingerprint density at radius 2 is 1.52 bits per heavy atom. The van der Waals surface area contributed by atoms with Crippen LogP contribution in [0.4, 0.5) is 13.2 Å². The summed E-state index contributed by atoms with van der Waals surface area (Å²) >= 11 is 0. The molecule has 2 aromatic carbocycles. The molecule has 0 heterocycles. The molecule has 122 valence electrons. The predicted octanol–water partition coefficient (Wildman–Crippen LogP) is 3.01.